The van der Waals surface area contributed by atoms with Crippen LogP contribution in [0.2, 0.25) is 0 Å². The Morgan fingerprint density at radius 2 is 1.65 bits per heavy atom. The molecular formula is C29H31BrN4O6. The molecule has 0 aliphatic rings. The van der Waals surface area contributed by atoms with Crippen molar-refractivity contribution in [2.75, 3.05) is 30.5 Å². The molecule has 0 radical (unpaired) electrons. The predicted octanol–water partition coefficient (Wildman–Crippen LogP) is 5.05. The fourth-order valence-electron chi connectivity index (χ4n) is 3.35. The number of aryl methyl sites for hydroxylation is 1. The van der Waals surface area contributed by atoms with Gasteiger partial charge >= 0.3 is 11.8 Å². The molecule has 0 fully saturated rings. The quantitative estimate of drug-likeness (QED) is 0.150. The molecule has 3 aromatic carbocycles. The summed E-state index contributed by atoms with van der Waals surface area (Å²) in [6.45, 7) is 6.46. The molecule has 0 heterocycles. The normalized spacial score (nSPS) is 10.6. The lowest BCUT2D eigenvalue weighted by molar-refractivity contribution is -0.136. The van der Waals surface area contributed by atoms with Crippen molar-refractivity contribution in [2.45, 2.75) is 27.2 Å². The molecule has 3 aromatic rings. The zero-order valence-electron chi connectivity index (χ0n) is 22.5. The summed E-state index contributed by atoms with van der Waals surface area (Å²) in [5, 5.41) is 9.17. The molecule has 10 nitrogen and oxygen atoms in total. The second-order valence-corrected chi connectivity index (χ2v) is 9.38. The van der Waals surface area contributed by atoms with Gasteiger partial charge in [0.05, 0.1) is 19.4 Å². The van der Waals surface area contributed by atoms with E-state index in [4.69, 9.17) is 14.2 Å². The van der Waals surface area contributed by atoms with Crippen LogP contribution in [-0.4, -0.2) is 43.8 Å². The summed E-state index contributed by atoms with van der Waals surface area (Å²) < 4.78 is 17.7. The maximum absolute atomic E-state index is 12.4. The van der Waals surface area contributed by atoms with E-state index >= 15 is 0 Å². The van der Waals surface area contributed by atoms with Gasteiger partial charge in [-0.15, -0.1) is 0 Å². The number of nitrogens with zero attached hydrogens (tertiary/aromatic N) is 1. The van der Waals surface area contributed by atoms with Gasteiger partial charge in [-0.3, -0.25) is 14.4 Å². The summed E-state index contributed by atoms with van der Waals surface area (Å²) in [5.74, 6) is -0.670. The van der Waals surface area contributed by atoms with Gasteiger partial charge < -0.3 is 24.8 Å². The number of halogens is 1. The zero-order chi connectivity index (χ0) is 28.9. The molecule has 0 aromatic heterocycles. The van der Waals surface area contributed by atoms with Crippen LogP contribution in [0.1, 0.15) is 31.4 Å². The van der Waals surface area contributed by atoms with Crippen LogP contribution in [0.3, 0.4) is 0 Å². The monoisotopic (exact) mass is 610 g/mol. The molecule has 0 aliphatic heterocycles. The first-order chi connectivity index (χ1) is 19.3. The topological polar surface area (TPSA) is 127 Å². The Bertz CT molecular complexity index is 1360. The summed E-state index contributed by atoms with van der Waals surface area (Å²) in [6.07, 6.45) is 2.25. The Hall–Kier alpha value is -4.38. The summed E-state index contributed by atoms with van der Waals surface area (Å²) in [7, 11) is 0. The minimum Gasteiger partial charge on any atom is -0.494 e. The lowest BCUT2D eigenvalue weighted by atomic mass is 10.2. The van der Waals surface area contributed by atoms with Gasteiger partial charge in [0.2, 0.25) is 0 Å². The maximum Gasteiger partial charge on any atom is 0.329 e. The van der Waals surface area contributed by atoms with Crippen molar-refractivity contribution >= 4 is 51.2 Å². The minimum atomic E-state index is -0.931. The van der Waals surface area contributed by atoms with E-state index in [2.05, 4.69) is 37.1 Å². The van der Waals surface area contributed by atoms with Gasteiger partial charge in [0.1, 0.15) is 5.75 Å². The maximum atomic E-state index is 12.4. The van der Waals surface area contributed by atoms with Gasteiger partial charge in [-0.25, -0.2) is 5.43 Å². The van der Waals surface area contributed by atoms with Crippen molar-refractivity contribution < 1.29 is 28.6 Å². The van der Waals surface area contributed by atoms with Gasteiger partial charge in [0, 0.05) is 15.8 Å². The van der Waals surface area contributed by atoms with Crippen LogP contribution < -0.4 is 30.3 Å². The number of ether oxygens (including phenoxy) is 3. The first-order valence-corrected chi connectivity index (χ1v) is 13.4. The lowest BCUT2D eigenvalue weighted by Gasteiger charge is -2.13. The number of anilines is 2. The number of nitrogens with one attached hydrogen (secondary N) is 3. The largest absolute Gasteiger partial charge is 0.494 e. The van der Waals surface area contributed by atoms with Gasteiger partial charge in [-0.1, -0.05) is 22.9 Å². The Balaban J connectivity index is 1.53. The van der Waals surface area contributed by atoms with Crippen molar-refractivity contribution in [1.29, 1.82) is 0 Å². The average molecular weight is 611 g/mol. The minimum absolute atomic E-state index is 0.220. The van der Waals surface area contributed by atoms with Crippen LogP contribution >= 0.6 is 15.9 Å². The molecule has 0 atom stereocenters. The molecule has 0 saturated heterocycles. The zero-order valence-corrected chi connectivity index (χ0v) is 24.0. The van der Waals surface area contributed by atoms with E-state index in [0.29, 0.717) is 47.4 Å². The SMILES string of the molecule is CCCOc1ccc(NC(=O)C(=O)N/N=C\c2ccc(OCC(=O)Nc3ccc(Br)cc3C)c(OCC)c2)cc1. The van der Waals surface area contributed by atoms with E-state index in [1.165, 1.54) is 6.21 Å². The molecule has 11 heteroatoms. The first kappa shape index (κ1) is 30.2. The number of carbonyl (C=O) groups is 3. The molecule has 0 spiro atoms. The molecule has 3 rings (SSSR count). The fraction of sp³-hybridized carbons (Fsp3) is 0.241. The van der Waals surface area contributed by atoms with Crippen LogP contribution in [-0.2, 0) is 14.4 Å². The summed E-state index contributed by atoms with van der Waals surface area (Å²) in [4.78, 5) is 36.7. The van der Waals surface area contributed by atoms with Crippen molar-refractivity contribution in [3.63, 3.8) is 0 Å². The highest BCUT2D eigenvalue weighted by Crippen LogP contribution is 2.28. The molecule has 0 unspecified atom stereocenters. The van der Waals surface area contributed by atoms with Crippen molar-refractivity contribution in [1.82, 2.24) is 5.43 Å². The molecule has 3 N–H and O–H groups in total. The van der Waals surface area contributed by atoms with E-state index in [-0.39, 0.29) is 12.5 Å². The third-order valence-corrected chi connectivity index (χ3v) is 5.75. The average Bonchev–Trinajstić information content (AvgIpc) is 2.94. The van der Waals surface area contributed by atoms with Crippen molar-refractivity contribution in [3.8, 4) is 17.2 Å². The van der Waals surface area contributed by atoms with Crippen LogP contribution in [0.15, 0.2) is 70.2 Å². The van der Waals surface area contributed by atoms with Crippen LogP contribution in [0.4, 0.5) is 11.4 Å². The van der Waals surface area contributed by atoms with E-state index in [0.717, 1.165) is 16.5 Å². The van der Waals surface area contributed by atoms with E-state index in [1.807, 2.05) is 32.9 Å². The number of hydrazone groups is 1. The third-order valence-electron chi connectivity index (χ3n) is 5.26. The molecule has 0 bridgehead atoms. The second-order valence-electron chi connectivity index (χ2n) is 8.46. The van der Waals surface area contributed by atoms with Crippen LogP contribution in [0.5, 0.6) is 17.2 Å². The second kappa shape index (κ2) is 15.3. The van der Waals surface area contributed by atoms with Crippen LogP contribution in [0, 0.1) is 6.92 Å². The van der Waals surface area contributed by atoms with E-state index in [9.17, 15) is 14.4 Å². The number of amides is 3. The lowest BCUT2D eigenvalue weighted by Crippen LogP contribution is -2.32. The van der Waals surface area contributed by atoms with Gasteiger partial charge in [0.15, 0.2) is 18.1 Å². The number of benzene rings is 3. The Labute approximate surface area is 241 Å². The number of hydrogen-bond donors (Lipinski definition) is 3. The van der Waals surface area contributed by atoms with Gasteiger partial charge in [-0.05, 0) is 92.1 Å². The highest BCUT2D eigenvalue weighted by Gasteiger charge is 2.14. The number of rotatable bonds is 12. The van der Waals surface area contributed by atoms with Gasteiger partial charge in [0.25, 0.3) is 5.91 Å². The first-order valence-electron chi connectivity index (χ1n) is 12.6. The molecule has 0 aliphatic carbocycles. The molecular weight excluding hydrogens is 580 g/mol. The van der Waals surface area contributed by atoms with Gasteiger partial charge in [-0.2, -0.15) is 5.10 Å². The predicted molar refractivity (Wildman–Crippen MR) is 157 cm³/mol. The van der Waals surface area contributed by atoms with Crippen molar-refractivity contribution in [2.24, 2.45) is 5.10 Å². The smallest absolute Gasteiger partial charge is 0.329 e. The standard InChI is InChI=1S/C29H31BrN4O6/c1-4-14-39-23-10-8-22(9-11-23)32-28(36)29(37)34-31-17-20-6-13-25(26(16-20)38-5-2)40-18-27(35)33-24-12-7-21(30)15-19(24)3/h6-13,15-17H,4-5,14,18H2,1-3H3,(H,32,36)(H,33,35)(H,34,37)/b31-17-. The Morgan fingerprint density at radius 3 is 2.35 bits per heavy atom. The summed E-state index contributed by atoms with van der Waals surface area (Å²) >= 11 is 3.40. The summed E-state index contributed by atoms with van der Waals surface area (Å²) in [6, 6.07) is 17.2. The molecule has 3 amide bonds. The van der Waals surface area contributed by atoms with Crippen LogP contribution in [0.25, 0.3) is 0 Å². The van der Waals surface area contributed by atoms with E-state index in [1.54, 1.807) is 48.5 Å². The van der Waals surface area contributed by atoms with Crippen molar-refractivity contribution in [3.05, 3.63) is 76.3 Å². The fourth-order valence-corrected chi connectivity index (χ4v) is 3.82. The number of carbonyl (C=O) groups excluding carboxylic acids is 3. The molecule has 40 heavy (non-hydrogen) atoms. The number of hydrogen-bond acceptors (Lipinski definition) is 7. The highest BCUT2D eigenvalue weighted by atomic mass is 79.9. The third kappa shape index (κ3) is 9.42. The summed E-state index contributed by atoms with van der Waals surface area (Å²) in [5.41, 5.74) is 4.83. The Kier molecular flexibility index (Phi) is 11.5. The molecule has 210 valence electrons. The molecule has 0 saturated carbocycles. The van der Waals surface area contributed by atoms with E-state index < -0.39 is 11.8 Å². The highest BCUT2D eigenvalue weighted by molar-refractivity contribution is 9.10. The Morgan fingerprint density at radius 1 is 0.875 bits per heavy atom.